The molecule has 0 bridgehead atoms. The molecule has 11 nitrogen and oxygen atoms in total. The number of nitrogens with two attached hydrogens (primary N) is 1. The molecule has 3 atom stereocenters. The molecule has 43 heavy (non-hydrogen) atoms. The van der Waals surface area contributed by atoms with Crippen molar-refractivity contribution in [1.29, 1.82) is 0 Å². The van der Waals surface area contributed by atoms with Gasteiger partial charge in [0.15, 0.2) is 0 Å². The molecule has 12 heteroatoms. The largest absolute Gasteiger partial charge is 0.487 e. The second-order valence-corrected chi connectivity index (χ2v) is 13.5. The van der Waals surface area contributed by atoms with E-state index >= 15 is 0 Å². The summed E-state index contributed by atoms with van der Waals surface area (Å²) in [5.74, 6) is -1.07. The topological polar surface area (TPSA) is 144 Å². The van der Waals surface area contributed by atoms with Gasteiger partial charge in [-0.2, -0.15) is 0 Å². The van der Waals surface area contributed by atoms with E-state index in [4.69, 9.17) is 22.1 Å². The highest BCUT2D eigenvalue weighted by Crippen LogP contribution is 2.54. The minimum absolute atomic E-state index is 0.0647. The van der Waals surface area contributed by atoms with Crippen LogP contribution in [0.2, 0.25) is 5.02 Å². The maximum atomic E-state index is 14.4. The minimum atomic E-state index is -1.14. The number of carboxylic acid groups (broad SMARTS) is 1. The van der Waals surface area contributed by atoms with Crippen LogP contribution >= 0.6 is 11.6 Å². The Labute approximate surface area is 256 Å². The summed E-state index contributed by atoms with van der Waals surface area (Å²) in [7, 11) is 0. The highest BCUT2D eigenvalue weighted by atomic mass is 35.5. The van der Waals surface area contributed by atoms with E-state index in [-0.39, 0.29) is 23.8 Å². The summed E-state index contributed by atoms with van der Waals surface area (Å²) in [6, 6.07) is 3.11. The van der Waals surface area contributed by atoms with E-state index in [1.165, 1.54) is 0 Å². The zero-order valence-electron chi connectivity index (χ0n) is 25.0. The molecule has 232 valence electrons. The average molecular weight is 613 g/mol. The molecule has 2 amide bonds. The van der Waals surface area contributed by atoms with Crippen LogP contribution < -0.4 is 10.5 Å². The molecule has 1 aromatic heterocycles. The third-order valence-electron chi connectivity index (χ3n) is 10.4. The monoisotopic (exact) mass is 612 g/mol. The van der Waals surface area contributed by atoms with Crippen LogP contribution in [-0.2, 0) is 34.0 Å². The third kappa shape index (κ3) is 5.39. The van der Waals surface area contributed by atoms with Crippen molar-refractivity contribution < 1.29 is 24.2 Å². The van der Waals surface area contributed by atoms with Crippen molar-refractivity contribution in [2.24, 2.45) is 22.5 Å². The van der Waals surface area contributed by atoms with Crippen molar-refractivity contribution in [2.45, 2.75) is 84.4 Å². The number of benzene rings is 1. The Kier molecular flexibility index (Phi) is 7.91. The van der Waals surface area contributed by atoms with Gasteiger partial charge in [0.25, 0.3) is 0 Å². The molecule has 2 aromatic rings. The van der Waals surface area contributed by atoms with Gasteiger partial charge in [-0.15, -0.1) is 5.10 Å². The van der Waals surface area contributed by atoms with Crippen molar-refractivity contribution in [3.63, 3.8) is 0 Å². The van der Waals surface area contributed by atoms with Crippen molar-refractivity contribution in [3.8, 4) is 5.75 Å². The molecule has 0 radical (unpaired) electrons. The molecule has 2 aliphatic carbocycles. The molecule has 4 aliphatic rings. The summed E-state index contributed by atoms with van der Waals surface area (Å²) >= 11 is 6.77. The number of carbonyl (C=O) groups excluding carboxylic acids is 2. The molecule has 1 aromatic carbocycles. The van der Waals surface area contributed by atoms with E-state index in [0.29, 0.717) is 74.9 Å². The standard InChI is InChI=1S/C31H41ClN6O5/c1-19-23(34-35-38(19)14-12-33)17-43-25-7-6-22(32)20-8-13-37(28(40)21-5-3-4-9-30(21,2)29(41)42)24(27(20)25)16-36-18-31(10-11-31)15-26(36)39/h6-7,21,24H,3-5,8-18,33H2,1-2H3,(H,41,42)/t21-,24+,30-/m0/s1. The fourth-order valence-corrected chi connectivity index (χ4v) is 7.68. The van der Waals surface area contributed by atoms with Crippen molar-refractivity contribution in [3.05, 3.63) is 39.7 Å². The lowest BCUT2D eigenvalue weighted by Gasteiger charge is -2.45. The smallest absolute Gasteiger partial charge is 0.310 e. The molecule has 0 unspecified atom stereocenters. The predicted molar refractivity (Wildman–Crippen MR) is 158 cm³/mol. The van der Waals surface area contributed by atoms with Gasteiger partial charge in [0.05, 0.1) is 29.6 Å². The number of rotatable bonds is 9. The van der Waals surface area contributed by atoms with Crippen LogP contribution in [0.5, 0.6) is 5.75 Å². The number of nitrogens with zero attached hydrogens (tertiary/aromatic N) is 5. The summed E-state index contributed by atoms with van der Waals surface area (Å²) in [5.41, 5.74) is 7.87. The Morgan fingerprint density at radius 2 is 2.02 bits per heavy atom. The fraction of sp³-hybridized carbons (Fsp3) is 0.645. The van der Waals surface area contributed by atoms with E-state index in [9.17, 15) is 19.5 Å². The molecule has 2 aliphatic heterocycles. The lowest BCUT2D eigenvalue weighted by Crippen LogP contribution is -2.52. The van der Waals surface area contributed by atoms with Gasteiger partial charge < -0.3 is 25.4 Å². The Bertz CT molecular complexity index is 1440. The molecule has 1 saturated heterocycles. The maximum absolute atomic E-state index is 14.4. The second-order valence-electron chi connectivity index (χ2n) is 13.1. The van der Waals surface area contributed by atoms with Gasteiger partial charge in [0.1, 0.15) is 18.1 Å². The molecule has 2 saturated carbocycles. The van der Waals surface area contributed by atoms with Gasteiger partial charge in [0, 0.05) is 43.2 Å². The average Bonchev–Trinajstić information content (AvgIpc) is 3.54. The minimum Gasteiger partial charge on any atom is -0.487 e. The number of halogens is 1. The first-order valence-corrected chi connectivity index (χ1v) is 15.8. The number of aromatic nitrogens is 3. The lowest BCUT2D eigenvalue weighted by atomic mass is 9.66. The van der Waals surface area contributed by atoms with Crippen molar-refractivity contribution in [1.82, 2.24) is 24.8 Å². The van der Waals surface area contributed by atoms with Gasteiger partial charge >= 0.3 is 5.97 Å². The molecule has 3 heterocycles. The van der Waals surface area contributed by atoms with Crippen LogP contribution in [-0.4, -0.2) is 73.9 Å². The summed E-state index contributed by atoms with van der Waals surface area (Å²) < 4.78 is 8.15. The number of hydrogen-bond acceptors (Lipinski definition) is 7. The van der Waals surface area contributed by atoms with Crippen molar-refractivity contribution in [2.75, 3.05) is 26.2 Å². The number of carboxylic acids is 1. The van der Waals surface area contributed by atoms with Crippen LogP contribution in [0, 0.1) is 23.7 Å². The number of likely N-dealkylation sites (tertiary alicyclic amines) is 1. The molecular formula is C31H41ClN6O5. The van der Waals surface area contributed by atoms with E-state index in [1.807, 2.05) is 28.9 Å². The van der Waals surface area contributed by atoms with E-state index < -0.39 is 23.3 Å². The highest BCUT2D eigenvalue weighted by Gasteiger charge is 2.54. The molecule has 1 spiro atoms. The normalized spacial score (nSPS) is 26.1. The maximum Gasteiger partial charge on any atom is 0.310 e. The van der Waals surface area contributed by atoms with Gasteiger partial charge in [-0.05, 0) is 69.1 Å². The number of hydrogen-bond donors (Lipinski definition) is 2. The van der Waals surface area contributed by atoms with E-state index in [1.54, 1.807) is 11.6 Å². The Morgan fingerprint density at radius 1 is 1.23 bits per heavy atom. The lowest BCUT2D eigenvalue weighted by molar-refractivity contribution is -0.162. The summed E-state index contributed by atoms with van der Waals surface area (Å²) in [6.45, 7) is 6.17. The first-order chi connectivity index (χ1) is 20.6. The molecule has 3 fully saturated rings. The van der Waals surface area contributed by atoms with Crippen LogP contribution in [0.25, 0.3) is 0 Å². The highest BCUT2D eigenvalue weighted by molar-refractivity contribution is 6.31. The van der Waals surface area contributed by atoms with Gasteiger partial charge in [-0.3, -0.25) is 14.4 Å². The Hall–Kier alpha value is -3.18. The summed E-state index contributed by atoms with van der Waals surface area (Å²) in [5, 5.41) is 19.3. The second kappa shape index (κ2) is 11.4. The van der Waals surface area contributed by atoms with Crippen LogP contribution in [0.4, 0.5) is 0 Å². The SMILES string of the molecule is Cc1c(COc2ccc(Cl)c3c2[C@@H](CN2CC4(CC4)CC2=O)N(C(=O)[C@@H]2CCCC[C@]2(C)C(=O)O)CC3)nnn1CCN. The fourth-order valence-electron chi connectivity index (χ4n) is 7.42. The zero-order valence-corrected chi connectivity index (χ0v) is 25.7. The Balaban J connectivity index is 1.36. The zero-order chi connectivity index (χ0) is 30.5. The van der Waals surface area contributed by atoms with Crippen LogP contribution in [0.3, 0.4) is 0 Å². The molecule has 3 N–H and O–H groups in total. The number of amides is 2. The number of fused-ring (bicyclic) bond motifs is 1. The predicted octanol–water partition coefficient (Wildman–Crippen LogP) is 3.50. The molecule has 6 rings (SSSR count). The third-order valence-corrected chi connectivity index (χ3v) is 10.7. The number of ether oxygens (including phenoxy) is 1. The van der Waals surface area contributed by atoms with E-state index in [0.717, 1.165) is 42.5 Å². The number of aliphatic carboxylic acids is 1. The summed E-state index contributed by atoms with van der Waals surface area (Å²) in [4.78, 5) is 43.8. The van der Waals surface area contributed by atoms with Gasteiger partial charge in [-0.1, -0.05) is 29.7 Å². The number of carbonyl (C=O) groups is 3. The summed E-state index contributed by atoms with van der Waals surface area (Å²) in [6.07, 6.45) is 5.72. The quantitative estimate of drug-likeness (QED) is 0.438. The van der Waals surface area contributed by atoms with Crippen LogP contribution in [0.15, 0.2) is 12.1 Å². The van der Waals surface area contributed by atoms with Crippen LogP contribution in [0.1, 0.15) is 80.4 Å². The Morgan fingerprint density at radius 3 is 2.72 bits per heavy atom. The van der Waals surface area contributed by atoms with E-state index in [2.05, 4.69) is 10.3 Å². The molecular weight excluding hydrogens is 572 g/mol. The van der Waals surface area contributed by atoms with Gasteiger partial charge in [0.2, 0.25) is 11.8 Å². The van der Waals surface area contributed by atoms with Crippen molar-refractivity contribution >= 4 is 29.4 Å². The van der Waals surface area contributed by atoms with Gasteiger partial charge in [-0.25, -0.2) is 4.68 Å². The first kappa shape index (κ1) is 29.9. The first-order valence-electron chi connectivity index (χ1n) is 15.4.